The van der Waals surface area contributed by atoms with Gasteiger partial charge in [-0.05, 0) is 38.8 Å². The molecule has 0 unspecified atom stereocenters. The van der Waals surface area contributed by atoms with E-state index in [1.807, 2.05) is 24.3 Å². The molecule has 0 radical (unpaired) electrons. The van der Waals surface area contributed by atoms with Crippen molar-refractivity contribution in [3.8, 4) is 0 Å². The van der Waals surface area contributed by atoms with E-state index in [0.717, 1.165) is 30.5 Å². The highest BCUT2D eigenvalue weighted by Crippen LogP contribution is 2.28. The van der Waals surface area contributed by atoms with Gasteiger partial charge in [0.05, 0.1) is 11.7 Å². The predicted octanol–water partition coefficient (Wildman–Crippen LogP) is 2.83. The van der Waals surface area contributed by atoms with Crippen LogP contribution in [0.25, 0.3) is 11.1 Å². The van der Waals surface area contributed by atoms with Crippen LogP contribution in [0.15, 0.2) is 33.2 Å². The van der Waals surface area contributed by atoms with Crippen LogP contribution in [0.1, 0.15) is 34.7 Å². The van der Waals surface area contributed by atoms with E-state index in [4.69, 9.17) is 8.94 Å². The van der Waals surface area contributed by atoms with Crippen molar-refractivity contribution in [3.63, 3.8) is 0 Å². The average Bonchev–Trinajstić information content (AvgIpc) is 3.30. The van der Waals surface area contributed by atoms with Gasteiger partial charge in [-0.2, -0.15) is 4.98 Å². The van der Waals surface area contributed by atoms with Gasteiger partial charge in [0, 0.05) is 13.1 Å². The summed E-state index contributed by atoms with van der Waals surface area (Å²) in [5.74, 6) is 0.387. The second-order valence-electron chi connectivity index (χ2n) is 6.36. The van der Waals surface area contributed by atoms with Crippen molar-refractivity contribution in [2.24, 2.45) is 0 Å². The number of para-hydroxylation sites is 2. The SMILES string of the molecule is Cc1noc(C)c1C(=O)NC[C@@H]1CCCN1c1nc2ccccc2o1. The topological polar surface area (TPSA) is 84.4 Å². The summed E-state index contributed by atoms with van der Waals surface area (Å²) in [6.45, 7) is 4.92. The van der Waals surface area contributed by atoms with Crippen LogP contribution in [0.4, 0.5) is 6.01 Å². The zero-order chi connectivity index (χ0) is 17.4. The van der Waals surface area contributed by atoms with Crippen LogP contribution < -0.4 is 10.2 Å². The Bertz CT molecular complexity index is 862. The Labute approximate surface area is 145 Å². The zero-order valence-corrected chi connectivity index (χ0v) is 14.3. The largest absolute Gasteiger partial charge is 0.423 e. The number of amides is 1. The van der Waals surface area contributed by atoms with E-state index in [2.05, 4.69) is 20.4 Å². The maximum atomic E-state index is 12.4. The molecule has 25 heavy (non-hydrogen) atoms. The third kappa shape index (κ3) is 2.86. The lowest BCUT2D eigenvalue weighted by molar-refractivity contribution is 0.0949. The van der Waals surface area contributed by atoms with E-state index in [1.54, 1.807) is 13.8 Å². The Kier molecular flexibility index (Phi) is 3.91. The number of rotatable bonds is 4. The lowest BCUT2D eigenvalue weighted by atomic mass is 10.1. The molecule has 7 nitrogen and oxygen atoms in total. The lowest BCUT2D eigenvalue weighted by Gasteiger charge is -2.23. The number of anilines is 1. The van der Waals surface area contributed by atoms with E-state index in [9.17, 15) is 4.79 Å². The van der Waals surface area contributed by atoms with Crippen molar-refractivity contribution < 1.29 is 13.7 Å². The van der Waals surface area contributed by atoms with Gasteiger partial charge in [0.25, 0.3) is 11.9 Å². The third-order valence-electron chi connectivity index (χ3n) is 4.66. The van der Waals surface area contributed by atoms with Crippen molar-refractivity contribution in [3.05, 3.63) is 41.3 Å². The number of nitrogens with one attached hydrogen (secondary N) is 1. The number of carbonyl (C=O) groups excluding carboxylic acids is 1. The second kappa shape index (κ2) is 6.23. The van der Waals surface area contributed by atoms with Gasteiger partial charge in [0.1, 0.15) is 16.8 Å². The first-order chi connectivity index (χ1) is 12.1. The Balaban J connectivity index is 1.47. The van der Waals surface area contributed by atoms with Crippen molar-refractivity contribution in [1.82, 2.24) is 15.5 Å². The molecule has 1 aliphatic rings. The molecule has 1 fully saturated rings. The van der Waals surface area contributed by atoms with Crippen molar-refractivity contribution in [2.45, 2.75) is 32.7 Å². The minimum atomic E-state index is -0.152. The van der Waals surface area contributed by atoms with Crippen LogP contribution in [-0.4, -0.2) is 35.2 Å². The number of fused-ring (bicyclic) bond motifs is 1. The fourth-order valence-corrected chi connectivity index (χ4v) is 3.39. The molecule has 0 aliphatic carbocycles. The molecular weight excluding hydrogens is 320 g/mol. The van der Waals surface area contributed by atoms with Gasteiger partial charge in [-0.3, -0.25) is 4.79 Å². The van der Waals surface area contributed by atoms with Crippen LogP contribution in [0.3, 0.4) is 0 Å². The van der Waals surface area contributed by atoms with Gasteiger partial charge in [-0.25, -0.2) is 0 Å². The van der Waals surface area contributed by atoms with Gasteiger partial charge in [-0.1, -0.05) is 17.3 Å². The van der Waals surface area contributed by atoms with E-state index in [0.29, 0.717) is 29.6 Å². The molecule has 1 saturated heterocycles. The summed E-state index contributed by atoms with van der Waals surface area (Å²) in [4.78, 5) is 19.1. The van der Waals surface area contributed by atoms with E-state index < -0.39 is 0 Å². The molecule has 1 aliphatic heterocycles. The van der Waals surface area contributed by atoms with E-state index in [-0.39, 0.29) is 11.9 Å². The maximum absolute atomic E-state index is 12.4. The number of oxazole rings is 1. The van der Waals surface area contributed by atoms with E-state index in [1.165, 1.54) is 0 Å². The van der Waals surface area contributed by atoms with E-state index >= 15 is 0 Å². The second-order valence-corrected chi connectivity index (χ2v) is 6.36. The summed E-state index contributed by atoms with van der Waals surface area (Å²) in [5.41, 5.74) is 2.76. The van der Waals surface area contributed by atoms with Crippen LogP contribution >= 0.6 is 0 Å². The molecule has 0 bridgehead atoms. The number of benzene rings is 1. The highest BCUT2D eigenvalue weighted by molar-refractivity contribution is 5.96. The molecule has 3 heterocycles. The normalized spacial score (nSPS) is 17.4. The number of aryl methyl sites for hydroxylation is 2. The number of nitrogens with zero attached hydrogens (tertiary/aromatic N) is 3. The molecule has 3 aromatic rings. The summed E-state index contributed by atoms with van der Waals surface area (Å²) >= 11 is 0. The van der Waals surface area contributed by atoms with Crippen LogP contribution in [0.5, 0.6) is 0 Å². The zero-order valence-electron chi connectivity index (χ0n) is 14.3. The predicted molar refractivity (Wildman–Crippen MR) is 92.7 cm³/mol. The molecule has 130 valence electrons. The smallest absolute Gasteiger partial charge is 0.298 e. The number of hydrogen-bond donors (Lipinski definition) is 1. The summed E-state index contributed by atoms with van der Waals surface area (Å²) in [7, 11) is 0. The quantitative estimate of drug-likeness (QED) is 0.786. The number of carbonyl (C=O) groups is 1. The molecule has 1 atom stereocenters. The minimum absolute atomic E-state index is 0.152. The highest BCUT2D eigenvalue weighted by Gasteiger charge is 2.29. The molecular formula is C18H20N4O3. The summed E-state index contributed by atoms with van der Waals surface area (Å²) < 4.78 is 10.9. The molecule has 1 aromatic carbocycles. The Morgan fingerprint density at radius 2 is 2.20 bits per heavy atom. The van der Waals surface area contributed by atoms with Crippen molar-refractivity contribution >= 4 is 23.0 Å². The molecule has 1 amide bonds. The van der Waals surface area contributed by atoms with Gasteiger partial charge < -0.3 is 19.2 Å². The van der Waals surface area contributed by atoms with Gasteiger partial charge in [0.15, 0.2) is 5.58 Å². The average molecular weight is 340 g/mol. The van der Waals surface area contributed by atoms with Crippen LogP contribution in [0.2, 0.25) is 0 Å². The molecule has 2 aromatic heterocycles. The standard InChI is InChI=1S/C18H20N4O3/c1-11-16(12(2)25-21-11)17(23)19-10-13-6-5-9-22(13)18-20-14-7-3-4-8-15(14)24-18/h3-4,7-8,13H,5-6,9-10H2,1-2H3,(H,19,23)/t13-/m0/s1. The van der Waals surface area contributed by atoms with Gasteiger partial charge >= 0.3 is 0 Å². The maximum Gasteiger partial charge on any atom is 0.298 e. The Morgan fingerprint density at radius 1 is 1.36 bits per heavy atom. The molecule has 7 heteroatoms. The summed E-state index contributed by atoms with van der Waals surface area (Å²) in [6.07, 6.45) is 2.03. The Morgan fingerprint density at radius 3 is 2.96 bits per heavy atom. The fraction of sp³-hybridized carbons (Fsp3) is 0.389. The summed E-state index contributed by atoms with van der Waals surface area (Å²) in [5, 5.41) is 6.82. The van der Waals surface area contributed by atoms with Gasteiger partial charge in [-0.15, -0.1) is 0 Å². The molecule has 4 rings (SSSR count). The van der Waals surface area contributed by atoms with Crippen LogP contribution in [0, 0.1) is 13.8 Å². The third-order valence-corrected chi connectivity index (χ3v) is 4.66. The monoisotopic (exact) mass is 340 g/mol. The van der Waals surface area contributed by atoms with Crippen molar-refractivity contribution in [2.75, 3.05) is 18.0 Å². The lowest BCUT2D eigenvalue weighted by Crippen LogP contribution is -2.40. The highest BCUT2D eigenvalue weighted by atomic mass is 16.5. The summed E-state index contributed by atoms with van der Waals surface area (Å²) in [6, 6.07) is 8.51. The Hall–Kier alpha value is -2.83. The molecule has 0 saturated carbocycles. The molecule has 1 N–H and O–H groups in total. The number of aromatic nitrogens is 2. The van der Waals surface area contributed by atoms with Crippen LogP contribution in [-0.2, 0) is 0 Å². The van der Waals surface area contributed by atoms with Gasteiger partial charge in [0.2, 0.25) is 0 Å². The first kappa shape index (κ1) is 15.7. The van der Waals surface area contributed by atoms with Crippen molar-refractivity contribution in [1.29, 1.82) is 0 Å². The number of hydrogen-bond acceptors (Lipinski definition) is 6. The first-order valence-corrected chi connectivity index (χ1v) is 8.47. The minimum Gasteiger partial charge on any atom is -0.423 e. The first-order valence-electron chi connectivity index (χ1n) is 8.47. The molecule has 0 spiro atoms. The fourth-order valence-electron chi connectivity index (χ4n) is 3.39.